The van der Waals surface area contributed by atoms with Crippen molar-refractivity contribution in [3.8, 4) is 11.3 Å². The first-order chi connectivity index (χ1) is 13.2. The lowest BCUT2D eigenvalue weighted by molar-refractivity contribution is 0.122. The summed E-state index contributed by atoms with van der Waals surface area (Å²) < 4.78 is 5.40. The van der Waals surface area contributed by atoms with Gasteiger partial charge in [0.05, 0.1) is 42.2 Å². The van der Waals surface area contributed by atoms with E-state index in [1.807, 2.05) is 36.4 Å². The predicted octanol–water partition coefficient (Wildman–Crippen LogP) is 2.37. The number of anilines is 2. The van der Waals surface area contributed by atoms with Gasteiger partial charge in [0.15, 0.2) is 0 Å². The molecule has 0 amide bonds. The van der Waals surface area contributed by atoms with Crippen LogP contribution in [0.25, 0.3) is 11.3 Å². The summed E-state index contributed by atoms with van der Waals surface area (Å²) in [4.78, 5) is 15.3. The normalized spacial score (nSPS) is 14.1. The fourth-order valence-corrected chi connectivity index (χ4v) is 3.02. The van der Waals surface area contributed by atoms with E-state index in [4.69, 9.17) is 15.9 Å². The standard InChI is InChI=1S/C20H20N6O/c21-16-13-24-18(14-3-2-6-23-12-14)11-15(16)20(22)17-4-1-5-19(25-17)26-7-9-27-10-8-26/h1-6,11-13,22H,7-10,21H2. The molecule has 0 unspecified atom stereocenters. The number of aromatic nitrogens is 3. The molecule has 0 aliphatic carbocycles. The Morgan fingerprint density at radius 1 is 1.11 bits per heavy atom. The Morgan fingerprint density at radius 3 is 2.74 bits per heavy atom. The highest BCUT2D eigenvalue weighted by atomic mass is 16.5. The minimum absolute atomic E-state index is 0.273. The average Bonchev–Trinajstić information content (AvgIpc) is 2.75. The summed E-state index contributed by atoms with van der Waals surface area (Å²) >= 11 is 0. The van der Waals surface area contributed by atoms with Crippen molar-refractivity contribution in [2.45, 2.75) is 0 Å². The minimum Gasteiger partial charge on any atom is -0.397 e. The van der Waals surface area contributed by atoms with Crippen molar-refractivity contribution in [1.82, 2.24) is 15.0 Å². The van der Waals surface area contributed by atoms with Crippen molar-refractivity contribution < 1.29 is 4.74 Å². The summed E-state index contributed by atoms with van der Waals surface area (Å²) in [6.45, 7) is 2.98. The molecule has 1 saturated heterocycles. The molecule has 0 radical (unpaired) electrons. The van der Waals surface area contributed by atoms with Crippen molar-refractivity contribution in [3.05, 3.63) is 66.2 Å². The third-order valence-corrected chi connectivity index (χ3v) is 4.49. The highest BCUT2D eigenvalue weighted by molar-refractivity contribution is 6.13. The van der Waals surface area contributed by atoms with Crippen LogP contribution in [0.1, 0.15) is 11.3 Å². The summed E-state index contributed by atoms with van der Waals surface area (Å²) in [6.07, 6.45) is 5.03. The van der Waals surface area contributed by atoms with Gasteiger partial charge >= 0.3 is 0 Å². The molecule has 0 atom stereocenters. The van der Waals surface area contributed by atoms with Gasteiger partial charge in [-0.05, 0) is 30.3 Å². The van der Waals surface area contributed by atoms with Gasteiger partial charge < -0.3 is 15.4 Å². The van der Waals surface area contributed by atoms with Gasteiger partial charge in [0.25, 0.3) is 0 Å². The maximum absolute atomic E-state index is 8.65. The largest absolute Gasteiger partial charge is 0.397 e. The Morgan fingerprint density at radius 2 is 1.96 bits per heavy atom. The van der Waals surface area contributed by atoms with Gasteiger partial charge in [0.2, 0.25) is 0 Å². The van der Waals surface area contributed by atoms with E-state index in [-0.39, 0.29) is 5.71 Å². The van der Waals surface area contributed by atoms with E-state index in [2.05, 4.69) is 19.9 Å². The van der Waals surface area contributed by atoms with Crippen molar-refractivity contribution in [1.29, 1.82) is 5.41 Å². The second kappa shape index (κ2) is 7.51. The number of rotatable bonds is 4. The molecule has 0 spiro atoms. The first-order valence-electron chi connectivity index (χ1n) is 8.77. The lowest BCUT2D eigenvalue weighted by atomic mass is 10.0. The van der Waals surface area contributed by atoms with Crippen LogP contribution in [0, 0.1) is 5.41 Å². The van der Waals surface area contributed by atoms with E-state index in [0.717, 1.165) is 30.2 Å². The minimum atomic E-state index is 0.273. The zero-order valence-corrected chi connectivity index (χ0v) is 14.8. The van der Waals surface area contributed by atoms with E-state index in [1.165, 1.54) is 0 Å². The fourth-order valence-electron chi connectivity index (χ4n) is 3.02. The van der Waals surface area contributed by atoms with E-state index < -0.39 is 0 Å². The molecule has 27 heavy (non-hydrogen) atoms. The van der Waals surface area contributed by atoms with Gasteiger partial charge in [-0.25, -0.2) is 4.98 Å². The Bertz CT molecular complexity index is 954. The summed E-state index contributed by atoms with van der Waals surface area (Å²) in [5.41, 5.74) is 9.62. The summed E-state index contributed by atoms with van der Waals surface area (Å²) in [6, 6.07) is 11.3. The van der Waals surface area contributed by atoms with Crippen LogP contribution in [0.5, 0.6) is 0 Å². The summed E-state index contributed by atoms with van der Waals surface area (Å²) in [5.74, 6) is 0.848. The van der Waals surface area contributed by atoms with Gasteiger partial charge in [0, 0.05) is 36.6 Å². The van der Waals surface area contributed by atoms with Gasteiger partial charge in [-0.1, -0.05) is 6.07 Å². The topological polar surface area (TPSA) is 101 Å². The van der Waals surface area contributed by atoms with Crippen molar-refractivity contribution in [2.75, 3.05) is 36.9 Å². The molecule has 3 aromatic heterocycles. The quantitative estimate of drug-likeness (QED) is 0.693. The smallest absolute Gasteiger partial charge is 0.129 e. The van der Waals surface area contributed by atoms with Crippen LogP contribution in [0.3, 0.4) is 0 Å². The predicted molar refractivity (Wildman–Crippen MR) is 105 cm³/mol. The maximum atomic E-state index is 8.65. The number of pyridine rings is 3. The number of hydrogen-bond donors (Lipinski definition) is 2. The zero-order valence-electron chi connectivity index (χ0n) is 14.8. The Hall–Kier alpha value is -3.32. The molecule has 0 saturated carbocycles. The first-order valence-corrected chi connectivity index (χ1v) is 8.77. The van der Waals surface area contributed by atoms with Crippen LogP contribution < -0.4 is 10.6 Å². The number of nitrogen functional groups attached to an aromatic ring is 1. The van der Waals surface area contributed by atoms with Gasteiger partial charge in [-0.15, -0.1) is 0 Å². The summed E-state index contributed by atoms with van der Waals surface area (Å²) in [5, 5.41) is 8.65. The van der Waals surface area contributed by atoms with E-state index in [9.17, 15) is 0 Å². The number of ether oxygens (including phenoxy) is 1. The monoisotopic (exact) mass is 360 g/mol. The second-order valence-electron chi connectivity index (χ2n) is 6.25. The molecule has 7 heteroatoms. The third-order valence-electron chi connectivity index (χ3n) is 4.49. The SMILES string of the molecule is N=C(c1cccc(N2CCOCC2)n1)c1cc(-c2cccnc2)ncc1N. The van der Waals surface area contributed by atoms with E-state index in [1.54, 1.807) is 18.6 Å². The molecule has 3 N–H and O–H groups in total. The molecular weight excluding hydrogens is 340 g/mol. The molecule has 4 heterocycles. The van der Waals surface area contributed by atoms with Crippen LogP contribution in [0.2, 0.25) is 0 Å². The maximum Gasteiger partial charge on any atom is 0.129 e. The van der Waals surface area contributed by atoms with Gasteiger partial charge in [-0.2, -0.15) is 0 Å². The van der Waals surface area contributed by atoms with Crippen LogP contribution in [0.4, 0.5) is 11.5 Å². The molecular formula is C20H20N6O. The molecule has 0 bridgehead atoms. The van der Waals surface area contributed by atoms with Crippen LogP contribution in [-0.2, 0) is 4.74 Å². The molecule has 0 aromatic carbocycles. The number of morpholine rings is 1. The lowest BCUT2D eigenvalue weighted by Gasteiger charge is -2.28. The zero-order chi connectivity index (χ0) is 18.6. The molecule has 4 rings (SSSR count). The van der Waals surface area contributed by atoms with Crippen molar-refractivity contribution in [3.63, 3.8) is 0 Å². The van der Waals surface area contributed by atoms with Crippen LogP contribution in [-0.4, -0.2) is 47.0 Å². The van der Waals surface area contributed by atoms with Crippen LogP contribution >= 0.6 is 0 Å². The van der Waals surface area contributed by atoms with Crippen LogP contribution in [0.15, 0.2) is 55.0 Å². The first kappa shape index (κ1) is 17.1. The molecule has 7 nitrogen and oxygen atoms in total. The highest BCUT2D eigenvalue weighted by Crippen LogP contribution is 2.23. The molecule has 3 aromatic rings. The molecule has 136 valence electrons. The fraction of sp³-hybridized carbons (Fsp3) is 0.200. The number of nitrogens with two attached hydrogens (primary N) is 1. The molecule has 1 fully saturated rings. The van der Waals surface area contributed by atoms with Gasteiger partial charge in [0.1, 0.15) is 5.82 Å². The number of nitrogens with one attached hydrogen (secondary N) is 1. The summed E-state index contributed by atoms with van der Waals surface area (Å²) in [7, 11) is 0. The van der Waals surface area contributed by atoms with Crippen molar-refractivity contribution >= 4 is 17.2 Å². The third kappa shape index (κ3) is 3.63. The van der Waals surface area contributed by atoms with E-state index in [0.29, 0.717) is 30.2 Å². The number of hydrogen-bond acceptors (Lipinski definition) is 7. The molecule has 1 aliphatic heterocycles. The number of nitrogens with zero attached hydrogens (tertiary/aromatic N) is 4. The second-order valence-corrected chi connectivity index (χ2v) is 6.25. The Labute approximate surface area is 157 Å². The lowest BCUT2D eigenvalue weighted by Crippen LogP contribution is -2.36. The highest BCUT2D eigenvalue weighted by Gasteiger charge is 2.16. The Kier molecular flexibility index (Phi) is 4.76. The van der Waals surface area contributed by atoms with E-state index >= 15 is 0 Å². The molecule has 1 aliphatic rings. The van der Waals surface area contributed by atoms with Crippen molar-refractivity contribution in [2.24, 2.45) is 0 Å². The Balaban J connectivity index is 1.66. The van der Waals surface area contributed by atoms with Gasteiger partial charge in [-0.3, -0.25) is 15.4 Å². The average molecular weight is 360 g/mol.